The molecule has 3 N–H and O–H groups in total. The number of hydrogen-bond acceptors (Lipinski definition) is 4. The summed E-state index contributed by atoms with van der Waals surface area (Å²) in [6, 6.07) is 0. The molecule has 0 bridgehead atoms. The van der Waals surface area contributed by atoms with Gasteiger partial charge in [-0.3, -0.25) is 9.69 Å². The first-order chi connectivity index (χ1) is 7.99. The Kier molecular flexibility index (Phi) is 3.17. The lowest BCUT2D eigenvalue weighted by Gasteiger charge is -2.27. The van der Waals surface area contributed by atoms with Gasteiger partial charge in [-0.15, -0.1) is 0 Å². The monoisotopic (exact) mass is 238 g/mol. The van der Waals surface area contributed by atoms with Crippen molar-refractivity contribution >= 4 is 5.91 Å². The molecule has 0 aromatic carbocycles. The zero-order valence-electron chi connectivity index (χ0n) is 10.2. The fraction of sp³-hybridized carbons (Fsp3) is 0.636. The van der Waals surface area contributed by atoms with Crippen LogP contribution in [0.1, 0.15) is 28.9 Å². The SMILES string of the molecule is CC(O)CN1CCc2c(nc(C(N)=O)n2C)C1. The molecule has 0 saturated heterocycles. The van der Waals surface area contributed by atoms with Crippen molar-refractivity contribution < 1.29 is 9.90 Å². The second kappa shape index (κ2) is 4.46. The maximum Gasteiger partial charge on any atom is 0.284 e. The highest BCUT2D eigenvalue weighted by molar-refractivity contribution is 5.89. The number of primary amides is 1. The molecule has 17 heavy (non-hydrogen) atoms. The average Bonchev–Trinajstić information content (AvgIpc) is 2.55. The van der Waals surface area contributed by atoms with E-state index in [-0.39, 0.29) is 6.10 Å². The molecular weight excluding hydrogens is 220 g/mol. The van der Waals surface area contributed by atoms with Crippen LogP contribution in [0, 0.1) is 0 Å². The molecule has 1 unspecified atom stereocenters. The lowest BCUT2D eigenvalue weighted by Crippen LogP contribution is -2.36. The first kappa shape index (κ1) is 12.1. The zero-order chi connectivity index (χ0) is 12.6. The number of aliphatic hydroxyl groups is 1. The largest absolute Gasteiger partial charge is 0.392 e. The molecule has 2 rings (SSSR count). The third-order valence-corrected chi connectivity index (χ3v) is 3.08. The van der Waals surface area contributed by atoms with Crippen LogP contribution in [0.5, 0.6) is 0 Å². The predicted octanol–water partition coefficient (Wildman–Crippen LogP) is -0.742. The summed E-state index contributed by atoms with van der Waals surface area (Å²) in [5.41, 5.74) is 7.23. The van der Waals surface area contributed by atoms with Crippen molar-refractivity contribution in [2.75, 3.05) is 13.1 Å². The number of fused-ring (bicyclic) bond motifs is 1. The third kappa shape index (κ3) is 2.32. The summed E-state index contributed by atoms with van der Waals surface area (Å²) in [6.07, 6.45) is 0.481. The molecule has 0 spiro atoms. The van der Waals surface area contributed by atoms with E-state index < -0.39 is 5.91 Å². The Morgan fingerprint density at radius 3 is 2.94 bits per heavy atom. The Labute approximate surface area is 100 Å². The van der Waals surface area contributed by atoms with Crippen LogP contribution >= 0.6 is 0 Å². The van der Waals surface area contributed by atoms with Crippen LogP contribution in [0.4, 0.5) is 0 Å². The molecule has 0 fully saturated rings. The van der Waals surface area contributed by atoms with E-state index in [2.05, 4.69) is 9.88 Å². The number of nitrogens with zero attached hydrogens (tertiary/aromatic N) is 3. The Morgan fingerprint density at radius 2 is 2.35 bits per heavy atom. The second-order valence-electron chi connectivity index (χ2n) is 4.59. The molecule has 0 saturated carbocycles. The number of amides is 1. The maximum atomic E-state index is 11.2. The van der Waals surface area contributed by atoms with Gasteiger partial charge < -0.3 is 15.4 Å². The molecule has 1 aliphatic heterocycles. The highest BCUT2D eigenvalue weighted by Gasteiger charge is 2.24. The van der Waals surface area contributed by atoms with Crippen LogP contribution < -0.4 is 5.73 Å². The molecule has 6 nitrogen and oxygen atoms in total. The van der Waals surface area contributed by atoms with E-state index in [1.165, 1.54) is 0 Å². The smallest absolute Gasteiger partial charge is 0.284 e. The molecule has 0 radical (unpaired) electrons. The van der Waals surface area contributed by atoms with Crippen molar-refractivity contribution in [3.8, 4) is 0 Å². The molecule has 1 aliphatic rings. The number of aliphatic hydroxyl groups excluding tert-OH is 1. The highest BCUT2D eigenvalue weighted by atomic mass is 16.3. The highest BCUT2D eigenvalue weighted by Crippen LogP contribution is 2.19. The summed E-state index contributed by atoms with van der Waals surface area (Å²) in [6.45, 7) is 3.93. The van der Waals surface area contributed by atoms with E-state index in [1.807, 2.05) is 7.05 Å². The van der Waals surface area contributed by atoms with Gasteiger partial charge in [0, 0.05) is 38.8 Å². The average molecular weight is 238 g/mol. The van der Waals surface area contributed by atoms with Gasteiger partial charge in [0.1, 0.15) is 0 Å². The second-order valence-corrected chi connectivity index (χ2v) is 4.59. The fourth-order valence-corrected chi connectivity index (χ4v) is 2.33. The van der Waals surface area contributed by atoms with Crippen molar-refractivity contribution in [1.29, 1.82) is 0 Å². The topological polar surface area (TPSA) is 84.4 Å². The van der Waals surface area contributed by atoms with Gasteiger partial charge in [0.2, 0.25) is 0 Å². The van der Waals surface area contributed by atoms with Crippen molar-refractivity contribution in [3.05, 3.63) is 17.2 Å². The van der Waals surface area contributed by atoms with E-state index >= 15 is 0 Å². The van der Waals surface area contributed by atoms with Crippen LogP contribution in [0.3, 0.4) is 0 Å². The lowest BCUT2D eigenvalue weighted by molar-refractivity contribution is 0.0987. The molecular formula is C11H18N4O2. The van der Waals surface area contributed by atoms with Gasteiger partial charge in [0.25, 0.3) is 5.91 Å². The number of hydrogen-bond donors (Lipinski definition) is 2. The van der Waals surface area contributed by atoms with Crippen LogP contribution in [-0.4, -0.2) is 44.7 Å². The Morgan fingerprint density at radius 1 is 1.65 bits per heavy atom. The molecule has 6 heteroatoms. The first-order valence-electron chi connectivity index (χ1n) is 5.73. The van der Waals surface area contributed by atoms with Gasteiger partial charge in [0.05, 0.1) is 11.8 Å². The van der Waals surface area contributed by atoms with Crippen LogP contribution in [0.25, 0.3) is 0 Å². The number of imidazole rings is 1. The van der Waals surface area contributed by atoms with E-state index in [0.717, 1.165) is 24.4 Å². The number of nitrogens with two attached hydrogens (primary N) is 1. The van der Waals surface area contributed by atoms with Crippen LogP contribution in [-0.2, 0) is 20.0 Å². The van der Waals surface area contributed by atoms with Crippen LogP contribution in [0.2, 0.25) is 0 Å². The van der Waals surface area contributed by atoms with Gasteiger partial charge in [-0.05, 0) is 6.92 Å². The minimum atomic E-state index is -0.496. The molecule has 94 valence electrons. The lowest BCUT2D eigenvalue weighted by atomic mass is 10.1. The number of carbonyl (C=O) groups is 1. The van der Waals surface area contributed by atoms with Gasteiger partial charge >= 0.3 is 0 Å². The molecule has 1 aromatic heterocycles. The van der Waals surface area contributed by atoms with E-state index in [0.29, 0.717) is 18.9 Å². The Hall–Kier alpha value is -1.40. The zero-order valence-corrected chi connectivity index (χ0v) is 10.2. The van der Waals surface area contributed by atoms with Gasteiger partial charge in [-0.2, -0.15) is 0 Å². The maximum absolute atomic E-state index is 11.2. The van der Waals surface area contributed by atoms with Gasteiger partial charge in [0.15, 0.2) is 5.82 Å². The summed E-state index contributed by atoms with van der Waals surface area (Å²) < 4.78 is 1.78. The number of aromatic nitrogens is 2. The quantitative estimate of drug-likeness (QED) is 0.726. The third-order valence-electron chi connectivity index (χ3n) is 3.08. The summed E-state index contributed by atoms with van der Waals surface area (Å²) in [5, 5.41) is 9.36. The minimum absolute atomic E-state index is 0.314. The molecule has 1 atom stereocenters. The molecule has 0 aliphatic carbocycles. The van der Waals surface area contributed by atoms with E-state index in [9.17, 15) is 9.90 Å². The van der Waals surface area contributed by atoms with Crippen LogP contribution in [0.15, 0.2) is 0 Å². The normalized spacial score (nSPS) is 17.8. The van der Waals surface area contributed by atoms with Crippen molar-refractivity contribution in [3.63, 3.8) is 0 Å². The van der Waals surface area contributed by atoms with Crippen molar-refractivity contribution in [2.45, 2.75) is 26.0 Å². The van der Waals surface area contributed by atoms with Gasteiger partial charge in [-0.1, -0.05) is 0 Å². The first-order valence-corrected chi connectivity index (χ1v) is 5.73. The number of rotatable bonds is 3. The summed E-state index contributed by atoms with van der Waals surface area (Å²) >= 11 is 0. The Bertz CT molecular complexity index is 439. The fourth-order valence-electron chi connectivity index (χ4n) is 2.33. The van der Waals surface area contributed by atoms with Crippen molar-refractivity contribution in [1.82, 2.24) is 14.5 Å². The number of carbonyl (C=O) groups excluding carboxylic acids is 1. The summed E-state index contributed by atoms with van der Waals surface area (Å²) in [7, 11) is 1.82. The predicted molar refractivity (Wildman–Crippen MR) is 62.4 cm³/mol. The standard InChI is InChI=1S/C11H18N4O2/c1-7(16)5-15-4-3-9-8(6-15)13-11(10(12)17)14(9)2/h7,16H,3-6H2,1-2H3,(H2,12,17). The molecule has 2 heterocycles. The Balaban J connectivity index is 2.21. The molecule has 1 amide bonds. The van der Waals surface area contributed by atoms with E-state index in [1.54, 1.807) is 11.5 Å². The van der Waals surface area contributed by atoms with E-state index in [4.69, 9.17) is 5.73 Å². The molecule has 1 aromatic rings. The minimum Gasteiger partial charge on any atom is -0.392 e. The number of β-amino-alcohol motifs (C(OH)–C–C–N with tert-alkyl or cyclic N) is 1. The summed E-state index contributed by atoms with van der Waals surface area (Å²) in [4.78, 5) is 17.6. The van der Waals surface area contributed by atoms with Gasteiger partial charge in [-0.25, -0.2) is 4.98 Å². The van der Waals surface area contributed by atoms with Crippen molar-refractivity contribution in [2.24, 2.45) is 12.8 Å². The summed E-state index contributed by atoms with van der Waals surface area (Å²) in [5.74, 6) is -0.183.